The zero-order valence-electron chi connectivity index (χ0n) is 14.5. The molecule has 0 aliphatic heterocycles. The summed E-state index contributed by atoms with van der Waals surface area (Å²) in [5.74, 6) is 0.607. The largest absolute Gasteiger partial charge is 0.253 e. The highest BCUT2D eigenvalue weighted by Gasteiger charge is 2.15. The molecule has 5 aromatic rings. The van der Waals surface area contributed by atoms with Crippen LogP contribution < -0.4 is 0 Å². The van der Waals surface area contributed by atoms with Crippen LogP contribution in [0.4, 0.5) is 0 Å². The van der Waals surface area contributed by atoms with Gasteiger partial charge in [0.25, 0.3) is 5.78 Å². The Morgan fingerprint density at radius 1 is 0.846 bits per heavy atom. The topological polar surface area (TPSA) is 73.3 Å². The molecule has 0 fully saturated rings. The maximum absolute atomic E-state index is 4.78. The zero-order valence-corrected chi connectivity index (χ0v) is 15.3. The molecule has 26 heavy (non-hydrogen) atoms. The maximum atomic E-state index is 4.78. The highest BCUT2D eigenvalue weighted by Crippen LogP contribution is 2.31. The van der Waals surface area contributed by atoms with E-state index in [2.05, 4.69) is 20.2 Å². The van der Waals surface area contributed by atoms with Crippen LogP contribution in [0.5, 0.6) is 0 Å². The predicted molar refractivity (Wildman–Crippen MR) is 99.6 cm³/mol. The lowest BCUT2D eigenvalue weighted by molar-refractivity contribution is 0.842. The summed E-state index contributed by atoms with van der Waals surface area (Å²) in [6, 6.07) is 12.1. The second-order valence-electron chi connectivity index (χ2n) is 6.24. The summed E-state index contributed by atoms with van der Waals surface area (Å²) in [4.78, 5) is 13.8. The average Bonchev–Trinajstić information content (AvgIpc) is 3.17. The van der Waals surface area contributed by atoms with E-state index >= 15 is 0 Å². The monoisotopic (exact) mass is 361 g/mol. The Kier molecular flexibility index (Phi) is 3.23. The fourth-order valence-electron chi connectivity index (χ4n) is 3.10. The summed E-state index contributed by atoms with van der Waals surface area (Å²) in [6.07, 6.45) is 0. The third-order valence-corrected chi connectivity index (χ3v) is 5.04. The van der Waals surface area contributed by atoms with E-state index in [1.54, 1.807) is 4.52 Å². The molecule has 0 atom stereocenters. The Morgan fingerprint density at radius 3 is 2.58 bits per heavy atom. The van der Waals surface area contributed by atoms with Crippen molar-refractivity contribution < 1.29 is 0 Å². The van der Waals surface area contributed by atoms with Crippen LogP contribution in [-0.2, 0) is 0 Å². The van der Waals surface area contributed by atoms with Crippen molar-refractivity contribution in [2.75, 3.05) is 0 Å². The first-order valence-corrected chi connectivity index (χ1v) is 9.04. The van der Waals surface area contributed by atoms with E-state index in [4.69, 9.17) is 4.98 Å². The number of para-hydroxylation sites is 1. The molecule has 8 heteroatoms. The number of rotatable bonds is 2. The first-order valence-electron chi connectivity index (χ1n) is 8.22. The highest BCUT2D eigenvalue weighted by molar-refractivity contribution is 7.99. The van der Waals surface area contributed by atoms with Crippen LogP contribution in [0, 0.1) is 20.8 Å². The first-order chi connectivity index (χ1) is 12.6. The zero-order chi connectivity index (χ0) is 17.8. The van der Waals surface area contributed by atoms with E-state index in [0.717, 1.165) is 38.7 Å². The lowest BCUT2D eigenvalue weighted by atomic mass is 10.2. The fourth-order valence-corrected chi connectivity index (χ4v) is 3.95. The Morgan fingerprint density at radius 2 is 1.69 bits per heavy atom. The van der Waals surface area contributed by atoms with E-state index < -0.39 is 0 Å². The molecule has 0 aliphatic rings. The minimum absolute atomic E-state index is 0.607. The van der Waals surface area contributed by atoms with E-state index in [9.17, 15) is 0 Å². The van der Waals surface area contributed by atoms with Gasteiger partial charge in [0.05, 0.1) is 11.2 Å². The number of aryl methyl sites for hydroxylation is 3. The minimum Gasteiger partial charge on any atom is -0.221 e. The summed E-state index contributed by atoms with van der Waals surface area (Å²) in [5, 5.41) is 11.6. The van der Waals surface area contributed by atoms with E-state index in [1.807, 2.05) is 61.7 Å². The van der Waals surface area contributed by atoms with Gasteiger partial charge in [-0.3, -0.25) is 0 Å². The molecule has 0 saturated carbocycles. The number of hydrogen-bond donors (Lipinski definition) is 0. The van der Waals surface area contributed by atoms with Crippen molar-refractivity contribution >= 4 is 34.1 Å². The van der Waals surface area contributed by atoms with Gasteiger partial charge in [-0.2, -0.15) is 10.1 Å². The second kappa shape index (κ2) is 5.50. The van der Waals surface area contributed by atoms with E-state index in [-0.39, 0.29) is 0 Å². The quantitative estimate of drug-likeness (QED) is 0.449. The fraction of sp³-hybridized carbons (Fsp3) is 0.167. The number of nitrogens with zero attached hydrogens (tertiary/aromatic N) is 7. The summed E-state index contributed by atoms with van der Waals surface area (Å²) in [7, 11) is 0. The maximum Gasteiger partial charge on any atom is 0.253 e. The molecule has 4 heterocycles. The van der Waals surface area contributed by atoms with Crippen molar-refractivity contribution in [3.63, 3.8) is 0 Å². The standard InChI is InChI=1S/C18H15N7S/c1-10-8-12(3)24-17(19-10)21-18(23-24)26-16-13-6-4-5-7-14(13)25-15(20-16)9-11(2)22-25/h4-9H,1-3H3. The van der Waals surface area contributed by atoms with Crippen molar-refractivity contribution in [3.05, 3.63) is 53.5 Å². The van der Waals surface area contributed by atoms with Crippen molar-refractivity contribution in [1.29, 1.82) is 0 Å². The summed E-state index contributed by atoms with van der Waals surface area (Å²) in [6.45, 7) is 5.93. The molecule has 0 radical (unpaired) electrons. The normalized spacial score (nSPS) is 11.8. The summed E-state index contributed by atoms with van der Waals surface area (Å²) in [5.41, 5.74) is 4.70. The van der Waals surface area contributed by atoms with Crippen LogP contribution in [0.15, 0.2) is 46.6 Å². The number of fused-ring (bicyclic) bond motifs is 4. The van der Waals surface area contributed by atoms with Crippen LogP contribution in [-0.4, -0.2) is 34.2 Å². The van der Waals surface area contributed by atoms with Gasteiger partial charge in [-0.25, -0.2) is 19.0 Å². The van der Waals surface area contributed by atoms with Gasteiger partial charge < -0.3 is 0 Å². The summed E-state index contributed by atoms with van der Waals surface area (Å²) < 4.78 is 3.64. The van der Waals surface area contributed by atoms with Crippen molar-refractivity contribution in [2.24, 2.45) is 0 Å². The number of aromatic nitrogens is 7. The lowest BCUT2D eigenvalue weighted by Crippen LogP contribution is -1.97. The molecule has 0 saturated heterocycles. The van der Waals surface area contributed by atoms with Crippen LogP contribution in [0.3, 0.4) is 0 Å². The smallest absolute Gasteiger partial charge is 0.221 e. The second-order valence-corrected chi connectivity index (χ2v) is 7.19. The Labute approximate surface area is 153 Å². The molecule has 5 rings (SSSR count). The number of benzene rings is 1. The molecule has 0 N–H and O–H groups in total. The van der Waals surface area contributed by atoms with Crippen molar-refractivity contribution in [1.82, 2.24) is 34.2 Å². The molecule has 4 aromatic heterocycles. The molecular formula is C18H15N7S. The van der Waals surface area contributed by atoms with Crippen LogP contribution >= 0.6 is 11.8 Å². The molecule has 7 nitrogen and oxygen atoms in total. The third-order valence-electron chi connectivity index (χ3n) is 4.18. The van der Waals surface area contributed by atoms with Gasteiger partial charge in [0.1, 0.15) is 5.03 Å². The molecule has 0 bridgehead atoms. The van der Waals surface area contributed by atoms with Gasteiger partial charge in [-0.05, 0) is 44.7 Å². The summed E-state index contributed by atoms with van der Waals surface area (Å²) >= 11 is 1.45. The van der Waals surface area contributed by atoms with Gasteiger partial charge in [0.2, 0.25) is 5.16 Å². The highest BCUT2D eigenvalue weighted by atomic mass is 32.2. The van der Waals surface area contributed by atoms with Gasteiger partial charge in [0.15, 0.2) is 5.65 Å². The van der Waals surface area contributed by atoms with Crippen LogP contribution in [0.1, 0.15) is 17.1 Å². The van der Waals surface area contributed by atoms with Crippen molar-refractivity contribution in [2.45, 2.75) is 31.0 Å². The molecule has 128 valence electrons. The van der Waals surface area contributed by atoms with E-state index in [0.29, 0.717) is 10.9 Å². The van der Waals surface area contributed by atoms with Crippen LogP contribution in [0.25, 0.3) is 22.3 Å². The van der Waals surface area contributed by atoms with Gasteiger partial charge in [0, 0.05) is 22.8 Å². The first kappa shape index (κ1) is 15.3. The number of hydrogen-bond acceptors (Lipinski definition) is 6. The average molecular weight is 361 g/mol. The molecular weight excluding hydrogens is 346 g/mol. The van der Waals surface area contributed by atoms with Crippen molar-refractivity contribution in [3.8, 4) is 0 Å². The SMILES string of the molecule is Cc1cc(C)n2nc(Sc3nc4cc(C)nn4c4ccccc34)nc2n1. The molecule has 0 amide bonds. The lowest BCUT2D eigenvalue weighted by Gasteiger charge is -2.05. The molecule has 0 spiro atoms. The third kappa shape index (κ3) is 2.33. The Bertz CT molecular complexity index is 1300. The molecule has 1 aromatic carbocycles. The predicted octanol–water partition coefficient (Wildman–Crippen LogP) is 3.40. The van der Waals surface area contributed by atoms with E-state index in [1.165, 1.54) is 11.8 Å². The van der Waals surface area contributed by atoms with Gasteiger partial charge in [-0.15, -0.1) is 5.10 Å². The molecule has 0 unspecified atom stereocenters. The Balaban J connectivity index is 1.70. The minimum atomic E-state index is 0.607. The Hall–Kier alpha value is -3.00. The molecule has 0 aliphatic carbocycles. The van der Waals surface area contributed by atoms with Gasteiger partial charge >= 0.3 is 0 Å². The van der Waals surface area contributed by atoms with Crippen LogP contribution in [0.2, 0.25) is 0 Å². The van der Waals surface area contributed by atoms with Gasteiger partial charge in [-0.1, -0.05) is 18.2 Å².